The molecule has 4 rings (SSSR count). The van der Waals surface area contributed by atoms with Gasteiger partial charge in [0.1, 0.15) is 5.82 Å². The van der Waals surface area contributed by atoms with E-state index in [2.05, 4.69) is 15.1 Å². The number of ether oxygens (including phenoxy) is 1. The molecule has 2 atom stereocenters. The van der Waals surface area contributed by atoms with E-state index >= 15 is 0 Å². The zero-order valence-electron chi connectivity index (χ0n) is 14.7. The summed E-state index contributed by atoms with van der Waals surface area (Å²) in [5.41, 5.74) is 1.37. The monoisotopic (exact) mass is 407 g/mol. The van der Waals surface area contributed by atoms with Crippen LogP contribution in [0.4, 0.5) is 5.82 Å². The summed E-state index contributed by atoms with van der Waals surface area (Å²) in [5.74, 6) is 1.35. The molecule has 3 aromatic rings. The molecule has 2 unspecified atom stereocenters. The first-order valence-corrected chi connectivity index (χ1v) is 9.48. The molecule has 1 saturated heterocycles. The van der Waals surface area contributed by atoms with Crippen molar-refractivity contribution in [2.45, 2.75) is 25.5 Å². The van der Waals surface area contributed by atoms with Crippen molar-refractivity contribution in [1.82, 2.24) is 19.8 Å². The van der Waals surface area contributed by atoms with Gasteiger partial charge in [-0.25, -0.2) is 0 Å². The smallest absolute Gasteiger partial charge is 0.185 e. The molecule has 27 heavy (non-hydrogen) atoms. The zero-order valence-corrected chi connectivity index (χ0v) is 16.2. The third-order valence-electron chi connectivity index (χ3n) is 4.50. The van der Waals surface area contributed by atoms with Crippen molar-refractivity contribution in [1.29, 1.82) is 0 Å². The molecule has 0 spiro atoms. The van der Waals surface area contributed by atoms with Crippen LogP contribution in [0.3, 0.4) is 0 Å². The number of aliphatic hydroxyl groups is 1. The van der Waals surface area contributed by atoms with Crippen LogP contribution in [0.1, 0.15) is 13.3 Å². The summed E-state index contributed by atoms with van der Waals surface area (Å²) in [6, 6.07) is 9.08. The SMILES string of the molecule is CC(O)CC1COCCN1c1ccc2nnc(-c3cc(Cl)cc(Cl)c3)n2n1. The average Bonchev–Trinajstić information content (AvgIpc) is 3.04. The summed E-state index contributed by atoms with van der Waals surface area (Å²) in [6.45, 7) is 3.67. The average molecular weight is 408 g/mol. The van der Waals surface area contributed by atoms with Crippen LogP contribution in [0.2, 0.25) is 10.0 Å². The van der Waals surface area contributed by atoms with E-state index in [0.29, 0.717) is 47.7 Å². The van der Waals surface area contributed by atoms with Crippen LogP contribution in [0, 0.1) is 0 Å². The van der Waals surface area contributed by atoms with E-state index in [4.69, 9.17) is 33.0 Å². The lowest BCUT2D eigenvalue weighted by Crippen LogP contribution is -2.47. The molecule has 142 valence electrons. The molecule has 1 aliphatic heterocycles. The number of benzene rings is 1. The Bertz CT molecular complexity index is 942. The molecule has 1 aromatic carbocycles. The second kappa shape index (κ2) is 7.59. The molecule has 9 heteroatoms. The molecule has 1 fully saturated rings. The van der Waals surface area contributed by atoms with Gasteiger partial charge in [-0.15, -0.1) is 15.3 Å². The van der Waals surface area contributed by atoms with E-state index in [1.54, 1.807) is 29.6 Å². The van der Waals surface area contributed by atoms with Crippen LogP contribution in [0.25, 0.3) is 17.0 Å². The molecule has 3 heterocycles. The maximum Gasteiger partial charge on any atom is 0.185 e. The fraction of sp³-hybridized carbons (Fsp3) is 0.389. The molecular weight excluding hydrogens is 389 g/mol. The quantitative estimate of drug-likeness (QED) is 0.715. The predicted octanol–water partition coefficient (Wildman–Crippen LogP) is 3.07. The second-order valence-corrected chi connectivity index (χ2v) is 7.52. The minimum Gasteiger partial charge on any atom is -0.393 e. The molecule has 7 nitrogen and oxygen atoms in total. The van der Waals surface area contributed by atoms with Crippen molar-refractivity contribution >= 4 is 34.7 Å². The fourth-order valence-corrected chi connectivity index (χ4v) is 3.87. The van der Waals surface area contributed by atoms with Gasteiger partial charge >= 0.3 is 0 Å². The van der Waals surface area contributed by atoms with Crippen molar-refractivity contribution in [3.05, 3.63) is 40.4 Å². The number of aliphatic hydroxyl groups excluding tert-OH is 1. The summed E-state index contributed by atoms with van der Waals surface area (Å²) >= 11 is 12.3. The largest absolute Gasteiger partial charge is 0.393 e. The van der Waals surface area contributed by atoms with Crippen LogP contribution in [0.15, 0.2) is 30.3 Å². The predicted molar refractivity (Wildman–Crippen MR) is 104 cm³/mol. The first-order chi connectivity index (χ1) is 13.0. The number of fused-ring (bicyclic) bond motifs is 1. The van der Waals surface area contributed by atoms with Crippen molar-refractivity contribution < 1.29 is 9.84 Å². The van der Waals surface area contributed by atoms with Gasteiger partial charge in [0.2, 0.25) is 0 Å². The number of halogens is 2. The van der Waals surface area contributed by atoms with E-state index in [1.165, 1.54) is 0 Å². The normalized spacial score (nSPS) is 18.8. The molecule has 0 radical (unpaired) electrons. The first kappa shape index (κ1) is 18.4. The summed E-state index contributed by atoms with van der Waals surface area (Å²) in [4.78, 5) is 2.16. The number of morpholine rings is 1. The number of hydrogen-bond acceptors (Lipinski definition) is 6. The summed E-state index contributed by atoms with van der Waals surface area (Å²) in [5, 5.41) is 24.0. The molecular formula is C18H19Cl2N5O2. The van der Waals surface area contributed by atoms with Gasteiger partial charge in [0.05, 0.1) is 25.4 Å². The number of anilines is 1. The standard InChI is InChI=1S/C18H19Cl2N5O2/c1-11(26)6-15-10-27-5-4-24(15)17-3-2-16-21-22-18(25(16)23-17)12-7-13(19)9-14(20)8-12/h2-3,7-9,11,15,26H,4-6,10H2,1H3. The van der Waals surface area contributed by atoms with Crippen molar-refractivity contribution in [3.63, 3.8) is 0 Å². The Balaban J connectivity index is 1.75. The summed E-state index contributed by atoms with van der Waals surface area (Å²) < 4.78 is 7.27. The number of aromatic nitrogens is 4. The highest BCUT2D eigenvalue weighted by molar-refractivity contribution is 6.35. The van der Waals surface area contributed by atoms with Gasteiger partial charge in [-0.3, -0.25) is 0 Å². The van der Waals surface area contributed by atoms with Crippen molar-refractivity contribution in [2.75, 3.05) is 24.7 Å². The Kier molecular flexibility index (Phi) is 5.19. The van der Waals surface area contributed by atoms with Gasteiger partial charge in [0, 0.05) is 22.2 Å². The maximum absolute atomic E-state index is 9.80. The molecule has 0 amide bonds. The highest BCUT2D eigenvalue weighted by Gasteiger charge is 2.26. The lowest BCUT2D eigenvalue weighted by molar-refractivity contribution is 0.0717. The molecule has 0 aliphatic carbocycles. The van der Waals surface area contributed by atoms with E-state index in [1.807, 2.05) is 12.1 Å². The Labute approximate surface area is 166 Å². The second-order valence-electron chi connectivity index (χ2n) is 6.65. The number of hydrogen-bond donors (Lipinski definition) is 1. The highest BCUT2D eigenvalue weighted by atomic mass is 35.5. The lowest BCUT2D eigenvalue weighted by Gasteiger charge is -2.37. The first-order valence-electron chi connectivity index (χ1n) is 8.72. The van der Waals surface area contributed by atoms with Crippen LogP contribution >= 0.6 is 23.2 Å². The van der Waals surface area contributed by atoms with E-state index in [9.17, 15) is 5.11 Å². The van der Waals surface area contributed by atoms with Crippen LogP contribution < -0.4 is 4.90 Å². The Morgan fingerprint density at radius 2 is 2.00 bits per heavy atom. The minimum atomic E-state index is -0.415. The van der Waals surface area contributed by atoms with Gasteiger partial charge in [0.25, 0.3) is 0 Å². The Hall–Kier alpha value is -1.93. The summed E-state index contributed by atoms with van der Waals surface area (Å²) in [7, 11) is 0. The molecule has 1 aliphatic rings. The van der Waals surface area contributed by atoms with Gasteiger partial charge in [-0.05, 0) is 43.7 Å². The van der Waals surface area contributed by atoms with Crippen molar-refractivity contribution in [2.24, 2.45) is 0 Å². The van der Waals surface area contributed by atoms with E-state index in [-0.39, 0.29) is 6.04 Å². The van der Waals surface area contributed by atoms with Crippen LogP contribution in [0.5, 0.6) is 0 Å². The third-order valence-corrected chi connectivity index (χ3v) is 4.94. The van der Waals surface area contributed by atoms with Crippen LogP contribution in [-0.2, 0) is 4.74 Å². The Morgan fingerprint density at radius 3 is 2.74 bits per heavy atom. The molecule has 0 saturated carbocycles. The van der Waals surface area contributed by atoms with E-state index < -0.39 is 6.10 Å². The van der Waals surface area contributed by atoms with Gasteiger partial charge in [-0.1, -0.05) is 23.2 Å². The highest BCUT2D eigenvalue weighted by Crippen LogP contribution is 2.27. The zero-order chi connectivity index (χ0) is 19.0. The number of nitrogens with zero attached hydrogens (tertiary/aromatic N) is 5. The van der Waals surface area contributed by atoms with Crippen LogP contribution in [-0.4, -0.2) is 56.8 Å². The topological polar surface area (TPSA) is 75.8 Å². The molecule has 2 aromatic heterocycles. The fourth-order valence-electron chi connectivity index (χ4n) is 3.34. The third kappa shape index (κ3) is 3.87. The molecule has 1 N–H and O–H groups in total. The maximum atomic E-state index is 9.80. The van der Waals surface area contributed by atoms with Crippen molar-refractivity contribution in [3.8, 4) is 11.4 Å². The van der Waals surface area contributed by atoms with E-state index in [0.717, 1.165) is 11.4 Å². The van der Waals surface area contributed by atoms with Gasteiger partial charge < -0.3 is 14.7 Å². The molecule has 0 bridgehead atoms. The van der Waals surface area contributed by atoms with Gasteiger partial charge in [0.15, 0.2) is 11.5 Å². The number of rotatable bonds is 4. The van der Waals surface area contributed by atoms with Gasteiger partial charge in [-0.2, -0.15) is 4.52 Å². The minimum absolute atomic E-state index is 0.0595. The summed E-state index contributed by atoms with van der Waals surface area (Å²) in [6.07, 6.45) is 0.195. The Morgan fingerprint density at radius 1 is 1.22 bits per heavy atom. The lowest BCUT2D eigenvalue weighted by atomic mass is 10.1.